The number of piperazine rings is 1. The van der Waals surface area contributed by atoms with Crippen LogP contribution in [-0.4, -0.2) is 54.1 Å². The van der Waals surface area contributed by atoms with Crippen molar-refractivity contribution in [2.24, 2.45) is 4.99 Å². The van der Waals surface area contributed by atoms with E-state index in [0.717, 1.165) is 44.6 Å². The molecule has 4 rings (SSSR count). The first-order valence-electron chi connectivity index (χ1n) is 8.78. The molecule has 3 aromatic rings. The van der Waals surface area contributed by atoms with Gasteiger partial charge in [0.1, 0.15) is 0 Å². The first-order valence-corrected chi connectivity index (χ1v) is 9.66. The maximum atomic E-state index is 4.47. The van der Waals surface area contributed by atoms with Crippen molar-refractivity contribution in [3.05, 3.63) is 53.7 Å². The highest BCUT2D eigenvalue weighted by atomic mass is 32.1. The van der Waals surface area contributed by atoms with Crippen LogP contribution in [-0.2, 0) is 6.54 Å². The summed E-state index contributed by atoms with van der Waals surface area (Å²) in [6.45, 7) is 4.39. The molecule has 0 unspecified atom stereocenters. The van der Waals surface area contributed by atoms with Crippen molar-refractivity contribution >= 4 is 33.3 Å². The van der Waals surface area contributed by atoms with E-state index < -0.39 is 0 Å². The van der Waals surface area contributed by atoms with E-state index in [2.05, 4.69) is 59.7 Å². The maximum Gasteiger partial charge on any atom is 0.225 e. The monoisotopic (exact) mass is 366 g/mol. The van der Waals surface area contributed by atoms with Gasteiger partial charge < -0.3 is 15.1 Å². The fourth-order valence-electron chi connectivity index (χ4n) is 3.25. The van der Waals surface area contributed by atoms with Gasteiger partial charge in [-0.1, -0.05) is 18.2 Å². The summed E-state index contributed by atoms with van der Waals surface area (Å²) in [6.07, 6.45) is 3.58. The standard InChI is InChI=1S/C19H22N6S/c1-20-18(23-13-15-14-26-17-6-3-2-5-16(15)17)24-9-11-25(12-10-24)19-21-7-4-8-22-19/h2-8,14H,9-13H2,1H3,(H,20,23). The molecule has 0 radical (unpaired) electrons. The number of aliphatic imine (C=N–C) groups is 1. The predicted molar refractivity (Wildman–Crippen MR) is 108 cm³/mol. The summed E-state index contributed by atoms with van der Waals surface area (Å²) in [7, 11) is 1.85. The van der Waals surface area contributed by atoms with Crippen LogP contribution in [0.1, 0.15) is 5.56 Å². The Labute approximate surface area is 157 Å². The first kappa shape index (κ1) is 16.8. The average Bonchev–Trinajstić information content (AvgIpc) is 3.13. The molecular formula is C19H22N6S. The minimum absolute atomic E-state index is 0.790. The van der Waals surface area contributed by atoms with Gasteiger partial charge in [0.15, 0.2) is 5.96 Å². The molecule has 0 atom stereocenters. The first-order chi connectivity index (χ1) is 12.8. The van der Waals surface area contributed by atoms with Crippen molar-refractivity contribution in [2.75, 3.05) is 38.1 Å². The van der Waals surface area contributed by atoms with Crippen LogP contribution in [0.15, 0.2) is 53.1 Å². The molecule has 0 spiro atoms. The Balaban J connectivity index is 1.36. The smallest absolute Gasteiger partial charge is 0.225 e. The van der Waals surface area contributed by atoms with Crippen molar-refractivity contribution in [1.29, 1.82) is 0 Å². The number of fused-ring (bicyclic) bond motifs is 1. The summed E-state index contributed by atoms with van der Waals surface area (Å²) in [5.41, 5.74) is 1.32. The van der Waals surface area contributed by atoms with Crippen molar-refractivity contribution in [1.82, 2.24) is 20.2 Å². The molecule has 6 nitrogen and oxygen atoms in total. The van der Waals surface area contributed by atoms with Gasteiger partial charge in [-0.15, -0.1) is 11.3 Å². The summed E-state index contributed by atoms with van der Waals surface area (Å²) < 4.78 is 1.33. The highest BCUT2D eigenvalue weighted by Crippen LogP contribution is 2.25. The Bertz CT molecular complexity index is 883. The number of hydrogen-bond donors (Lipinski definition) is 1. The predicted octanol–water partition coefficient (Wildman–Crippen LogP) is 2.59. The van der Waals surface area contributed by atoms with Crippen molar-refractivity contribution in [3.63, 3.8) is 0 Å². The molecule has 1 fully saturated rings. The molecule has 26 heavy (non-hydrogen) atoms. The van der Waals surface area contributed by atoms with Gasteiger partial charge in [0.2, 0.25) is 5.95 Å². The third-order valence-electron chi connectivity index (χ3n) is 4.62. The van der Waals surface area contributed by atoms with Crippen LogP contribution in [0.3, 0.4) is 0 Å². The van der Waals surface area contributed by atoms with E-state index in [1.165, 1.54) is 15.6 Å². The molecule has 1 aliphatic rings. The van der Waals surface area contributed by atoms with E-state index in [-0.39, 0.29) is 0 Å². The van der Waals surface area contributed by atoms with Crippen LogP contribution in [0, 0.1) is 0 Å². The number of aromatic nitrogens is 2. The van der Waals surface area contributed by atoms with Gasteiger partial charge in [-0.05, 0) is 28.5 Å². The lowest BCUT2D eigenvalue weighted by Gasteiger charge is -2.36. The van der Waals surface area contributed by atoms with Gasteiger partial charge in [0, 0.05) is 56.9 Å². The third-order valence-corrected chi connectivity index (χ3v) is 5.64. The topological polar surface area (TPSA) is 56.7 Å². The second-order valence-electron chi connectivity index (χ2n) is 6.18. The van der Waals surface area contributed by atoms with Crippen molar-refractivity contribution in [2.45, 2.75) is 6.54 Å². The third kappa shape index (κ3) is 3.48. The van der Waals surface area contributed by atoms with Gasteiger partial charge in [-0.25, -0.2) is 9.97 Å². The Hall–Kier alpha value is -2.67. The minimum Gasteiger partial charge on any atom is -0.352 e. The number of nitrogens with one attached hydrogen (secondary N) is 1. The average molecular weight is 366 g/mol. The van der Waals surface area contributed by atoms with Gasteiger partial charge in [-0.3, -0.25) is 4.99 Å². The molecule has 1 aliphatic heterocycles. The lowest BCUT2D eigenvalue weighted by Crippen LogP contribution is -2.52. The maximum absolute atomic E-state index is 4.47. The van der Waals surface area contributed by atoms with Crippen LogP contribution < -0.4 is 10.2 Å². The number of hydrogen-bond acceptors (Lipinski definition) is 5. The summed E-state index contributed by atoms with van der Waals surface area (Å²) in [4.78, 5) is 17.7. The zero-order valence-corrected chi connectivity index (χ0v) is 15.6. The lowest BCUT2D eigenvalue weighted by atomic mass is 10.2. The van der Waals surface area contributed by atoms with Crippen molar-refractivity contribution < 1.29 is 0 Å². The number of thiophene rings is 1. The van der Waals surface area contributed by atoms with E-state index in [1.807, 2.05) is 13.1 Å². The highest BCUT2D eigenvalue weighted by Gasteiger charge is 2.21. The Morgan fingerprint density at radius 1 is 1.12 bits per heavy atom. The quantitative estimate of drug-likeness (QED) is 0.570. The van der Waals surface area contributed by atoms with Crippen LogP contribution in [0.2, 0.25) is 0 Å². The molecule has 1 N–H and O–H groups in total. The van der Waals surface area contributed by atoms with Crippen LogP contribution in [0.25, 0.3) is 10.1 Å². The zero-order valence-electron chi connectivity index (χ0n) is 14.8. The summed E-state index contributed by atoms with van der Waals surface area (Å²) >= 11 is 1.79. The van der Waals surface area contributed by atoms with Crippen LogP contribution in [0.5, 0.6) is 0 Å². The zero-order chi connectivity index (χ0) is 17.8. The fraction of sp³-hybridized carbons (Fsp3) is 0.316. The summed E-state index contributed by atoms with van der Waals surface area (Å²) in [5, 5.41) is 7.08. The number of rotatable bonds is 3. The molecule has 1 aromatic carbocycles. The van der Waals surface area contributed by atoms with E-state index in [1.54, 1.807) is 23.7 Å². The summed E-state index contributed by atoms with van der Waals surface area (Å²) in [5.74, 6) is 1.76. The Morgan fingerprint density at radius 3 is 2.65 bits per heavy atom. The minimum atomic E-state index is 0.790. The normalized spacial score (nSPS) is 15.5. The number of anilines is 1. The molecule has 0 bridgehead atoms. The largest absolute Gasteiger partial charge is 0.352 e. The highest BCUT2D eigenvalue weighted by molar-refractivity contribution is 7.17. The molecule has 2 aromatic heterocycles. The van der Waals surface area contributed by atoms with Crippen molar-refractivity contribution in [3.8, 4) is 0 Å². The Kier molecular flexibility index (Phi) is 4.97. The molecule has 7 heteroatoms. The van der Waals surface area contributed by atoms with E-state index in [9.17, 15) is 0 Å². The SMILES string of the molecule is CN=C(NCc1csc2ccccc12)N1CCN(c2ncccn2)CC1. The van der Waals surface area contributed by atoms with Crippen LogP contribution in [0.4, 0.5) is 5.95 Å². The molecule has 1 saturated heterocycles. The molecule has 0 aliphatic carbocycles. The van der Waals surface area contributed by atoms with Gasteiger partial charge in [0.05, 0.1) is 0 Å². The lowest BCUT2D eigenvalue weighted by molar-refractivity contribution is 0.370. The van der Waals surface area contributed by atoms with Gasteiger partial charge >= 0.3 is 0 Å². The fourth-order valence-corrected chi connectivity index (χ4v) is 4.21. The molecular weight excluding hydrogens is 344 g/mol. The van der Waals surface area contributed by atoms with E-state index >= 15 is 0 Å². The van der Waals surface area contributed by atoms with E-state index in [0.29, 0.717) is 0 Å². The second-order valence-corrected chi connectivity index (χ2v) is 7.09. The van der Waals surface area contributed by atoms with Crippen LogP contribution >= 0.6 is 11.3 Å². The van der Waals surface area contributed by atoms with Gasteiger partial charge in [-0.2, -0.15) is 0 Å². The second kappa shape index (κ2) is 7.70. The number of nitrogens with zero attached hydrogens (tertiary/aromatic N) is 5. The number of guanidine groups is 1. The molecule has 0 saturated carbocycles. The van der Waals surface area contributed by atoms with Gasteiger partial charge in [0.25, 0.3) is 0 Å². The summed E-state index contributed by atoms with van der Waals surface area (Å²) in [6, 6.07) is 10.4. The van der Waals surface area contributed by atoms with E-state index in [4.69, 9.17) is 0 Å². The Morgan fingerprint density at radius 2 is 1.88 bits per heavy atom. The molecule has 0 amide bonds. The molecule has 134 valence electrons. The molecule has 3 heterocycles. The number of benzene rings is 1.